The molecule has 6 nitrogen and oxygen atoms in total. The summed E-state index contributed by atoms with van der Waals surface area (Å²) in [7, 11) is 3.04. The number of rotatable bonds is 7. The number of ether oxygens (including phenoxy) is 2. The molecule has 1 rings (SSSR count). The lowest BCUT2D eigenvalue weighted by Gasteiger charge is -2.22. The zero-order valence-electron chi connectivity index (χ0n) is 12.7. The van der Waals surface area contributed by atoms with Crippen molar-refractivity contribution in [3.8, 4) is 11.5 Å². The van der Waals surface area contributed by atoms with Gasteiger partial charge >= 0.3 is 5.97 Å². The SMILES string of the molecule is COc1ccc(OC)c(NC(=O)CC(C)(C)CC(=O)O)c1. The van der Waals surface area contributed by atoms with Crippen LogP contribution in [0.4, 0.5) is 5.69 Å². The molecule has 0 saturated carbocycles. The molecule has 0 unspecified atom stereocenters. The minimum absolute atomic E-state index is 0.0737. The average molecular weight is 295 g/mol. The van der Waals surface area contributed by atoms with Gasteiger partial charge in [0.1, 0.15) is 11.5 Å². The molecule has 21 heavy (non-hydrogen) atoms. The third-order valence-corrected chi connectivity index (χ3v) is 2.95. The fraction of sp³-hybridized carbons (Fsp3) is 0.467. The molecule has 1 aromatic carbocycles. The number of amides is 1. The lowest BCUT2D eigenvalue weighted by atomic mass is 9.85. The van der Waals surface area contributed by atoms with Crippen molar-refractivity contribution < 1.29 is 24.2 Å². The summed E-state index contributed by atoms with van der Waals surface area (Å²) in [6.07, 6.45) is 0.0231. The van der Waals surface area contributed by atoms with Gasteiger partial charge in [-0.15, -0.1) is 0 Å². The largest absolute Gasteiger partial charge is 0.497 e. The van der Waals surface area contributed by atoms with E-state index in [1.165, 1.54) is 14.2 Å². The normalized spacial score (nSPS) is 10.9. The molecule has 116 valence electrons. The van der Waals surface area contributed by atoms with Gasteiger partial charge in [0.25, 0.3) is 0 Å². The van der Waals surface area contributed by atoms with Crippen molar-refractivity contribution in [2.24, 2.45) is 5.41 Å². The smallest absolute Gasteiger partial charge is 0.303 e. The molecular weight excluding hydrogens is 274 g/mol. The molecule has 0 radical (unpaired) electrons. The summed E-state index contributed by atoms with van der Waals surface area (Å²) in [6.45, 7) is 3.48. The molecule has 0 atom stereocenters. The van der Waals surface area contributed by atoms with E-state index in [9.17, 15) is 9.59 Å². The van der Waals surface area contributed by atoms with Gasteiger partial charge in [-0.3, -0.25) is 9.59 Å². The summed E-state index contributed by atoms with van der Waals surface area (Å²) in [4.78, 5) is 22.8. The van der Waals surface area contributed by atoms with E-state index in [1.807, 2.05) is 0 Å². The molecular formula is C15H21NO5. The van der Waals surface area contributed by atoms with Crippen molar-refractivity contribution in [1.29, 1.82) is 0 Å². The molecule has 0 fully saturated rings. The van der Waals surface area contributed by atoms with Crippen LogP contribution >= 0.6 is 0 Å². The number of carboxylic acid groups (broad SMARTS) is 1. The van der Waals surface area contributed by atoms with Crippen molar-refractivity contribution in [2.75, 3.05) is 19.5 Å². The van der Waals surface area contributed by atoms with Gasteiger partial charge in [-0.1, -0.05) is 13.8 Å². The van der Waals surface area contributed by atoms with Gasteiger partial charge in [0, 0.05) is 12.5 Å². The standard InChI is InChI=1S/C15H21NO5/c1-15(2,9-14(18)19)8-13(17)16-11-7-10(20-3)5-6-12(11)21-4/h5-7H,8-9H2,1-4H3,(H,16,17)(H,18,19). The first-order valence-corrected chi connectivity index (χ1v) is 6.51. The van der Waals surface area contributed by atoms with E-state index in [1.54, 1.807) is 32.0 Å². The summed E-state index contributed by atoms with van der Waals surface area (Å²) in [5.74, 6) is -0.0874. The van der Waals surface area contributed by atoms with Gasteiger partial charge in [-0.25, -0.2) is 0 Å². The zero-order valence-corrected chi connectivity index (χ0v) is 12.7. The van der Waals surface area contributed by atoms with Crippen LogP contribution in [0.2, 0.25) is 0 Å². The van der Waals surface area contributed by atoms with E-state index in [2.05, 4.69) is 5.32 Å². The van der Waals surface area contributed by atoms with Gasteiger partial charge in [0.05, 0.1) is 26.3 Å². The van der Waals surface area contributed by atoms with Crippen LogP contribution in [0.3, 0.4) is 0 Å². The molecule has 0 aliphatic rings. The van der Waals surface area contributed by atoms with Crippen LogP contribution in [0.1, 0.15) is 26.7 Å². The van der Waals surface area contributed by atoms with Crippen LogP contribution < -0.4 is 14.8 Å². The predicted octanol–water partition coefficient (Wildman–Crippen LogP) is 2.53. The number of hydrogen-bond donors (Lipinski definition) is 2. The van der Waals surface area contributed by atoms with Crippen molar-refractivity contribution in [2.45, 2.75) is 26.7 Å². The van der Waals surface area contributed by atoms with E-state index in [-0.39, 0.29) is 18.7 Å². The quantitative estimate of drug-likeness (QED) is 0.807. The fourth-order valence-electron chi connectivity index (χ4n) is 2.01. The third-order valence-electron chi connectivity index (χ3n) is 2.95. The number of methoxy groups -OCH3 is 2. The Bertz CT molecular complexity index is 525. The molecule has 1 amide bonds. The van der Waals surface area contributed by atoms with E-state index >= 15 is 0 Å². The summed E-state index contributed by atoms with van der Waals surface area (Å²) in [6, 6.07) is 5.07. The molecule has 0 aliphatic heterocycles. The number of carboxylic acids is 1. The van der Waals surface area contributed by atoms with Gasteiger partial charge in [-0.2, -0.15) is 0 Å². The molecule has 0 bridgehead atoms. The summed E-state index contributed by atoms with van der Waals surface area (Å²) in [5.41, 5.74) is -0.130. The van der Waals surface area contributed by atoms with Crippen molar-refractivity contribution in [1.82, 2.24) is 0 Å². The Balaban J connectivity index is 2.80. The topological polar surface area (TPSA) is 84.9 Å². The number of carbonyl (C=O) groups is 2. The molecule has 2 N–H and O–H groups in total. The molecule has 0 aromatic heterocycles. The number of benzene rings is 1. The van der Waals surface area contributed by atoms with Crippen LogP contribution in [-0.4, -0.2) is 31.2 Å². The first-order valence-electron chi connectivity index (χ1n) is 6.51. The summed E-state index contributed by atoms with van der Waals surface area (Å²) in [5, 5.41) is 11.6. The van der Waals surface area contributed by atoms with Crippen LogP contribution in [0.25, 0.3) is 0 Å². The molecule has 6 heteroatoms. The molecule has 0 heterocycles. The van der Waals surface area contributed by atoms with Crippen molar-refractivity contribution in [3.05, 3.63) is 18.2 Å². The Kier molecular flexibility index (Phi) is 5.58. The van der Waals surface area contributed by atoms with Gasteiger partial charge in [-0.05, 0) is 17.5 Å². The fourth-order valence-corrected chi connectivity index (χ4v) is 2.01. The van der Waals surface area contributed by atoms with Crippen molar-refractivity contribution >= 4 is 17.6 Å². The first kappa shape index (κ1) is 16.8. The van der Waals surface area contributed by atoms with E-state index in [0.717, 1.165) is 0 Å². The van der Waals surface area contributed by atoms with Crippen LogP contribution in [0.5, 0.6) is 11.5 Å². The van der Waals surface area contributed by atoms with Gasteiger partial charge in [0.2, 0.25) is 5.91 Å². The number of anilines is 1. The Morgan fingerprint density at radius 1 is 1.19 bits per heavy atom. The second-order valence-corrected chi connectivity index (χ2v) is 5.53. The first-order chi connectivity index (χ1) is 9.77. The highest BCUT2D eigenvalue weighted by atomic mass is 16.5. The molecule has 1 aromatic rings. The van der Waals surface area contributed by atoms with E-state index in [4.69, 9.17) is 14.6 Å². The Hall–Kier alpha value is -2.24. The monoisotopic (exact) mass is 295 g/mol. The summed E-state index contributed by atoms with van der Waals surface area (Å²) >= 11 is 0. The van der Waals surface area contributed by atoms with Gasteiger partial charge in [0.15, 0.2) is 0 Å². The van der Waals surface area contributed by atoms with Crippen LogP contribution in [-0.2, 0) is 9.59 Å². The molecule has 0 saturated heterocycles. The van der Waals surface area contributed by atoms with Gasteiger partial charge < -0.3 is 19.9 Å². The van der Waals surface area contributed by atoms with Crippen molar-refractivity contribution in [3.63, 3.8) is 0 Å². The zero-order chi connectivity index (χ0) is 16.0. The molecule has 0 aliphatic carbocycles. The number of nitrogens with one attached hydrogen (secondary N) is 1. The number of carbonyl (C=O) groups excluding carboxylic acids is 1. The lowest BCUT2D eigenvalue weighted by Crippen LogP contribution is -2.25. The highest BCUT2D eigenvalue weighted by molar-refractivity contribution is 5.93. The maximum Gasteiger partial charge on any atom is 0.303 e. The van der Waals surface area contributed by atoms with Crippen LogP contribution in [0, 0.1) is 5.41 Å². The average Bonchev–Trinajstić information content (AvgIpc) is 2.35. The van der Waals surface area contributed by atoms with E-state index in [0.29, 0.717) is 17.2 Å². The Labute approximate surface area is 124 Å². The molecule has 0 spiro atoms. The second-order valence-electron chi connectivity index (χ2n) is 5.53. The van der Waals surface area contributed by atoms with E-state index < -0.39 is 11.4 Å². The number of aliphatic carboxylic acids is 1. The van der Waals surface area contributed by atoms with Crippen LogP contribution in [0.15, 0.2) is 18.2 Å². The lowest BCUT2D eigenvalue weighted by molar-refractivity contribution is -0.139. The Morgan fingerprint density at radius 2 is 1.86 bits per heavy atom. The maximum atomic E-state index is 12.1. The summed E-state index contributed by atoms with van der Waals surface area (Å²) < 4.78 is 10.3. The minimum Gasteiger partial charge on any atom is -0.497 e. The maximum absolute atomic E-state index is 12.1. The predicted molar refractivity (Wildman–Crippen MR) is 78.8 cm³/mol. The highest BCUT2D eigenvalue weighted by Crippen LogP contribution is 2.31. The second kappa shape index (κ2) is 6.97. The Morgan fingerprint density at radius 3 is 2.38 bits per heavy atom. The minimum atomic E-state index is -0.924. The number of hydrogen-bond acceptors (Lipinski definition) is 4. The highest BCUT2D eigenvalue weighted by Gasteiger charge is 2.25. The third kappa shape index (κ3) is 5.33.